The molecule has 0 radical (unpaired) electrons. The summed E-state index contributed by atoms with van der Waals surface area (Å²) in [5.41, 5.74) is 4.48. The minimum atomic E-state index is -6.00. The Labute approximate surface area is 270 Å². The second-order valence-electron chi connectivity index (χ2n) is 10.3. The Hall–Kier alpha value is -5.71. The molecule has 4 aromatic carbocycles. The molecular formula is C37H23BF8O2. The standard InChI is InChI=1S/C37H23F4O2.BF4/c38-30-12-4-24(5-13-30)28-20-34(42-36(22-28)26-8-16-32(40)17-9-26)2-1-3-35-21-29(25-6-14-31(39)15-7-25)23-37(43-35)27-10-18-33(41)19-11-27;2-1(3,4)5/h1-23H;/q+1;-1. The first-order chi connectivity index (χ1) is 22.9. The summed E-state index contributed by atoms with van der Waals surface area (Å²) in [7, 11) is -6.00. The molecule has 242 valence electrons. The van der Waals surface area contributed by atoms with Crippen LogP contribution in [0, 0.1) is 23.3 Å². The van der Waals surface area contributed by atoms with Crippen molar-refractivity contribution in [2.75, 3.05) is 0 Å². The van der Waals surface area contributed by atoms with Crippen LogP contribution in [0.15, 0.2) is 144 Å². The van der Waals surface area contributed by atoms with E-state index in [0.29, 0.717) is 34.2 Å². The van der Waals surface area contributed by atoms with E-state index in [1.165, 1.54) is 48.5 Å². The lowest BCUT2D eigenvalue weighted by Crippen LogP contribution is -2.02. The van der Waals surface area contributed by atoms with Crippen LogP contribution < -0.4 is 0 Å². The minimum absolute atomic E-state index is 0.343. The van der Waals surface area contributed by atoms with E-state index in [2.05, 4.69) is 0 Å². The molecule has 2 nitrogen and oxygen atoms in total. The predicted octanol–water partition coefficient (Wildman–Crippen LogP) is 11.8. The Balaban J connectivity index is 0.000000840. The molecule has 0 unspecified atom stereocenters. The third-order valence-electron chi connectivity index (χ3n) is 6.76. The van der Waals surface area contributed by atoms with Gasteiger partial charge in [-0.3, -0.25) is 0 Å². The summed E-state index contributed by atoms with van der Waals surface area (Å²) in [5.74, 6) is 0.580. The third-order valence-corrected chi connectivity index (χ3v) is 6.76. The molecule has 0 aliphatic carbocycles. The van der Waals surface area contributed by atoms with E-state index >= 15 is 0 Å². The van der Waals surface area contributed by atoms with Crippen LogP contribution in [0.1, 0.15) is 16.9 Å². The fourth-order valence-corrected chi connectivity index (χ4v) is 4.58. The fourth-order valence-electron chi connectivity index (χ4n) is 4.58. The summed E-state index contributed by atoms with van der Waals surface area (Å²) in [4.78, 5) is 0. The van der Waals surface area contributed by atoms with Crippen molar-refractivity contribution in [3.63, 3.8) is 0 Å². The van der Waals surface area contributed by atoms with Gasteiger partial charge in [0.05, 0.1) is 17.7 Å². The highest BCUT2D eigenvalue weighted by Crippen LogP contribution is 2.33. The highest BCUT2D eigenvalue weighted by Gasteiger charge is 2.21. The van der Waals surface area contributed by atoms with Crippen LogP contribution in [0.3, 0.4) is 0 Å². The molecule has 0 saturated heterocycles. The van der Waals surface area contributed by atoms with E-state index in [9.17, 15) is 34.8 Å². The maximum absolute atomic E-state index is 13.6. The monoisotopic (exact) mass is 662 g/mol. The highest BCUT2D eigenvalue weighted by molar-refractivity contribution is 6.50. The van der Waals surface area contributed by atoms with Gasteiger partial charge in [-0.2, -0.15) is 0 Å². The molecule has 0 fully saturated rings. The maximum Gasteiger partial charge on any atom is 0.673 e. The number of hydrogen-bond acceptors (Lipinski definition) is 1. The molecule has 1 aliphatic heterocycles. The van der Waals surface area contributed by atoms with Crippen molar-refractivity contribution < 1.29 is 44.0 Å². The lowest BCUT2D eigenvalue weighted by molar-refractivity contribution is 0.368. The molecule has 0 amide bonds. The molecule has 1 aliphatic rings. The number of allylic oxidation sites excluding steroid dienone is 5. The summed E-state index contributed by atoms with van der Waals surface area (Å²) < 4.78 is 106. The second-order valence-corrected chi connectivity index (χ2v) is 10.3. The van der Waals surface area contributed by atoms with Crippen molar-refractivity contribution in [1.82, 2.24) is 0 Å². The van der Waals surface area contributed by atoms with Gasteiger partial charge < -0.3 is 22.0 Å². The molecule has 0 atom stereocenters. The SMILES string of the molecule is F[B-](F)(F)F.Fc1ccc(C2=C/C(=C\C=C\c3cc(-c4ccc(F)cc4)cc(-c4ccc(F)cc4)[o+]3)OC(c3ccc(F)cc3)=C2)cc1. The van der Waals surface area contributed by atoms with Crippen molar-refractivity contribution in [1.29, 1.82) is 0 Å². The zero-order chi connectivity index (χ0) is 34.3. The van der Waals surface area contributed by atoms with Crippen LogP contribution >= 0.6 is 0 Å². The van der Waals surface area contributed by atoms with E-state index in [1.807, 2.05) is 24.3 Å². The number of rotatable bonds is 6. The van der Waals surface area contributed by atoms with E-state index in [0.717, 1.165) is 22.3 Å². The molecule has 0 spiro atoms. The van der Waals surface area contributed by atoms with E-state index in [1.54, 1.807) is 66.8 Å². The molecule has 0 bridgehead atoms. The molecule has 0 N–H and O–H groups in total. The van der Waals surface area contributed by atoms with Gasteiger partial charge in [-0.05, 0) is 114 Å². The number of hydrogen-bond donors (Lipinski definition) is 0. The quantitative estimate of drug-likeness (QED) is 0.102. The van der Waals surface area contributed by atoms with Crippen LogP contribution in [-0.4, -0.2) is 7.25 Å². The van der Waals surface area contributed by atoms with Crippen molar-refractivity contribution in [2.24, 2.45) is 0 Å². The van der Waals surface area contributed by atoms with Gasteiger partial charge in [0.1, 0.15) is 34.8 Å². The van der Waals surface area contributed by atoms with Gasteiger partial charge in [0.2, 0.25) is 0 Å². The molecule has 1 aromatic heterocycles. The summed E-state index contributed by atoms with van der Waals surface area (Å²) in [6.45, 7) is 0. The van der Waals surface area contributed by atoms with E-state index < -0.39 is 7.25 Å². The maximum atomic E-state index is 13.6. The van der Waals surface area contributed by atoms with Gasteiger partial charge >= 0.3 is 18.8 Å². The zero-order valence-corrected chi connectivity index (χ0v) is 24.7. The van der Waals surface area contributed by atoms with E-state index in [4.69, 9.17) is 9.15 Å². The second kappa shape index (κ2) is 14.8. The summed E-state index contributed by atoms with van der Waals surface area (Å²) in [6.07, 6.45) is 8.89. The first kappa shape index (κ1) is 33.7. The van der Waals surface area contributed by atoms with Crippen molar-refractivity contribution in [2.45, 2.75) is 0 Å². The Kier molecular flexibility index (Phi) is 10.4. The van der Waals surface area contributed by atoms with Gasteiger partial charge in [0.25, 0.3) is 0 Å². The van der Waals surface area contributed by atoms with Gasteiger partial charge in [-0.1, -0.05) is 24.3 Å². The largest absolute Gasteiger partial charge is 0.673 e. The van der Waals surface area contributed by atoms with Crippen LogP contribution in [0.2, 0.25) is 0 Å². The van der Waals surface area contributed by atoms with Gasteiger partial charge in [0.15, 0.2) is 0 Å². The number of halogens is 8. The summed E-state index contributed by atoms with van der Waals surface area (Å²) >= 11 is 0. The highest BCUT2D eigenvalue weighted by atomic mass is 19.5. The van der Waals surface area contributed by atoms with Crippen molar-refractivity contribution in [3.8, 4) is 22.5 Å². The first-order valence-electron chi connectivity index (χ1n) is 14.3. The smallest absolute Gasteiger partial charge is 0.457 e. The van der Waals surface area contributed by atoms with Crippen LogP contribution in [-0.2, 0) is 4.74 Å². The fraction of sp³-hybridized carbons (Fsp3) is 0. The number of benzene rings is 4. The topological polar surface area (TPSA) is 20.5 Å². The Morgan fingerprint density at radius 2 is 0.979 bits per heavy atom. The average Bonchev–Trinajstić information content (AvgIpc) is 3.05. The third kappa shape index (κ3) is 9.65. The Morgan fingerprint density at radius 1 is 0.521 bits per heavy atom. The summed E-state index contributed by atoms with van der Waals surface area (Å²) in [6, 6.07) is 27.8. The normalized spacial score (nSPS) is 13.8. The molecule has 2 heterocycles. The lowest BCUT2D eigenvalue weighted by atomic mass is 10.0. The average molecular weight is 662 g/mol. The van der Waals surface area contributed by atoms with Gasteiger partial charge in [-0.25, -0.2) is 22.0 Å². The molecule has 48 heavy (non-hydrogen) atoms. The predicted molar refractivity (Wildman–Crippen MR) is 171 cm³/mol. The van der Waals surface area contributed by atoms with Crippen LogP contribution in [0.4, 0.5) is 34.8 Å². The van der Waals surface area contributed by atoms with Crippen LogP contribution in [0.25, 0.3) is 39.9 Å². The molecule has 6 rings (SSSR count). The van der Waals surface area contributed by atoms with Gasteiger partial charge in [0, 0.05) is 17.2 Å². The van der Waals surface area contributed by atoms with E-state index in [-0.39, 0.29) is 23.3 Å². The number of ether oxygens (including phenoxy) is 1. The molecule has 5 aromatic rings. The van der Waals surface area contributed by atoms with Crippen molar-refractivity contribution >= 4 is 24.7 Å². The molecular weight excluding hydrogens is 639 g/mol. The first-order valence-corrected chi connectivity index (χ1v) is 14.3. The summed E-state index contributed by atoms with van der Waals surface area (Å²) in [5, 5.41) is 0. The van der Waals surface area contributed by atoms with Crippen LogP contribution in [0.5, 0.6) is 0 Å². The lowest BCUT2D eigenvalue weighted by Gasteiger charge is -2.18. The minimum Gasteiger partial charge on any atom is -0.457 e. The van der Waals surface area contributed by atoms with Gasteiger partial charge in [-0.15, -0.1) is 0 Å². The molecule has 11 heteroatoms. The Morgan fingerprint density at radius 3 is 1.50 bits per heavy atom. The molecule has 0 saturated carbocycles. The zero-order valence-electron chi connectivity index (χ0n) is 24.7. The Bertz CT molecular complexity index is 1930. The van der Waals surface area contributed by atoms with Crippen molar-refractivity contribution in [3.05, 3.63) is 179 Å².